The highest BCUT2D eigenvalue weighted by molar-refractivity contribution is 4.89. The Bertz CT molecular complexity index is 274. The average Bonchev–Trinajstić information content (AvgIpc) is 2.46. The molecule has 1 heterocycles. The molecule has 2 rings (SSSR count). The van der Waals surface area contributed by atoms with Crippen LogP contribution in [0.2, 0.25) is 0 Å². The zero-order chi connectivity index (χ0) is 14.4. The summed E-state index contributed by atoms with van der Waals surface area (Å²) in [5.74, 6) is 0.406. The van der Waals surface area contributed by atoms with E-state index in [9.17, 15) is 10.2 Å². The fraction of sp³-hybridized carbons (Fsp3) is 1.00. The van der Waals surface area contributed by atoms with E-state index in [0.29, 0.717) is 31.7 Å². The van der Waals surface area contributed by atoms with Gasteiger partial charge in [-0.1, -0.05) is 19.3 Å². The number of piperidine rings is 1. The molecule has 2 fully saturated rings. The maximum Gasteiger partial charge on any atom is 0.0900 e. The minimum atomic E-state index is -0.406. The molecule has 118 valence electrons. The lowest BCUT2D eigenvalue weighted by Crippen LogP contribution is -2.51. The van der Waals surface area contributed by atoms with Gasteiger partial charge in [0.1, 0.15) is 0 Å². The minimum Gasteiger partial charge on any atom is -0.393 e. The van der Waals surface area contributed by atoms with Crippen molar-refractivity contribution >= 4 is 0 Å². The minimum absolute atomic E-state index is 0.140. The zero-order valence-corrected chi connectivity index (χ0v) is 12.8. The monoisotopic (exact) mass is 285 g/mol. The molecule has 1 aliphatic heterocycles. The first-order valence-electron chi connectivity index (χ1n) is 8.40. The number of hydrogen-bond acceptors (Lipinski definition) is 4. The molecular formula is C16H31NO3. The maximum atomic E-state index is 10.3. The summed E-state index contributed by atoms with van der Waals surface area (Å²) in [5, 5.41) is 20.4. The molecule has 2 aliphatic rings. The first kappa shape index (κ1) is 16.2. The van der Waals surface area contributed by atoms with Crippen molar-refractivity contribution in [2.24, 2.45) is 5.92 Å². The summed E-state index contributed by atoms with van der Waals surface area (Å²) in [4.78, 5) is 2.41. The van der Waals surface area contributed by atoms with Gasteiger partial charge in [-0.2, -0.15) is 0 Å². The number of β-amino-alcohol motifs (C(OH)–C–C–N with tert-alkyl or cyclic N) is 1. The van der Waals surface area contributed by atoms with Crippen LogP contribution in [0.5, 0.6) is 0 Å². The second-order valence-corrected chi connectivity index (χ2v) is 6.39. The van der Waals surface area contributed by atoms with Gasteiger partial charge >= 0.3 is 0 Å². The van der Waals surface area contributed by atoms with Crippen molar-refractivity contribution in [3.63, 3.8) is 0 Å². The van der Waals surface area contributed by atoms with Gasteiger partial charge < -0.3 is 14.9 Å². The van der Waals surface area contributed by atoms with Gasteiger partial charge in [-0.05, 0) is 39.2 Å². The smallest absolute Gasteiger partial charge is 0.0900 e. The molecule has 0 aromatic carbocycles. The van der Waals surface area contributed by atoms with Crippen molar-refractivity contribution in [3.8, 4) is 0 Å². The molecule has 20 heavy (non-hydrogen) atoms. The van der Waals surface area contributed by atoms with Crippen molar-refractivity contribution < 1.29 is 14.9 Å². The zero-order valence-electron chi connectivity index (χ0n) is 12.8. The predicted octanol–water partition coefficient (Wildman–Crippen LogP) is 1.79. The lowest BCUT2D eigenvalue weighted by atomic mass is 9.78. The highest BCUT2D eigenvalue weighted by atomic mass is 16.5. The Balaban J connectivity index is 1.90. The van der Waals surface area contributed by atoms with E-state index in [1.807, 2.05) is 6.92 Å². The quantitative estimate of drug-likeness (QED) is 0.781. The van der Waals surface area contributed by atoms with E-state index in [1.54, 1.807) is 0 Å². The Hall–Kier alpha value is -0.160. The summed E-state index contributed by atoms with van der Waals surface area (Å²) >= 11 is 0. The Kier molecular flexibility index (Phi) is 6.75. The fourth-order valence-corrected chi connectivity index (χ4v) is 3.89. The number of aliphatic hydroxyl groups is 2. The van der Waals surface area contributed by atoms with E-state index in [0.717, 1.165) is 25.8 Å². The van der Waals surface area contributed by atoms with E-state index in [1.165, 1.54) is 25.7 Å². The van der Waals surface area contributed by atoms with Gasteiger partial charge in [-0.15, -0.1) is 0 Å². The largest absolute Gasteiger partial charge is 0.393 e. The fourth-order valence-electron chi connectivity index (χ4n) is 3.89. The van der Waals surface area contributed by atoms with E-state index < -0.39 is 6.10 Å². The number of aliphatic hydroxyl groups excluding tert-OH is 2. The van der Waals surface area contributed by atoms with E-state index in [-0.39, 0.29) is 6.10 Å². The van der Waals surface area contributed by atoms with E-state index >= 15 is 0 Å². The van der Waals surface area contributed by atoms with Gasteiger partial charge in [-0.25, -0.2) is 0 Å². The van der Waals surface area contributed by atoms with Gasteiger partial charge in [0.2, 0.25) is 0 Å². The van der Waals surface area contributed by atoms with Crippen LogP contribution in [-0.2, 0) is 4.74 Å². The van der Waals surface area contributed by atoms with Gasteiger partial charge in [0.05, 0.1) is 18.8 Å². The number of ether oxygens (including phenoxy) is 1. The van der Waals surface area contributed by atoms with Gasteiger partial charge in [0.15, 0.2) is 0 Å². The van der Waals surface area contributed by atoms with Crippen LogP contribution in [0.3, 0.4) is 0 Å². The lowest BCUT2D eigenvalue weighted by Gasteiger charge is -2.44. The van der Waals surface area contributed by atoms with Crippen molar-refractivity contribution in [3.05, 3.63) is 0 Å². The van der Waals surface area contributed by atoms with Crippen LogP contribution in [0, 0.1) is 5.92 Å². The number of nitrogens with zero attached hydrogens (tertiary/aromatic N) is 1. The van der Waals surface area contributed by atoms with Crippen LogP contribution >= 0.6 is 0 Å². The second kappa shape index (κ2) is 8.32. The second-order valence-electron chi connectivity index (χ2n) is 6.39. The molecule has 0 aromatic rings. The molecule has 0 aromatic heterocycles. The highest BCUT2D eigenvalue weighted by Crippen LogP contribution is 2.34. The number of likely N-dealkylation sites (tertiary alicyclic amines) is 1. The molecule has 0 spiro atoms. The topological polar surface area (TPSA) is 52.9 Å². The summed E-state index contributed by atoms with van der Waals surface area (Å²) < 4.78 is 5.31. The van der Waals surface area contributed by atoms with Crippen LogP contribution in [0.15, 0.2) is 0 Å². The Labute approximate surface area is 123 Å². The normalized spacial score (nSPS) is 34.0. The number of rotatable bonds is 6. The third-order valence-electron chi connectivity index (χ3n) is 4.90. The molecule has 4 atom stereocenters. The van der Waals surface area contributed by atoms with Crippen molar-refractivity contribution in [2.45, 2.75) is 70.1 Å². The maximum absolute atomic E-state index is 10.3. The van der Waals surface area contributed by atoms with E-state index in [2.05, 4.69) is 4.90 Å². The molecule has 0 amide bonds. The van der Waals surface area contributed by atoms with Gasteiger partial charge in [0, 0.05) is 25.1 Å². The standard InChI is InChI=1S/C16H31NO3/c1-2-20-12-13(18)11-17-10-6-5-8-15(17)14-7-3-4-9-16(14)19/h13-16,18-19H,2-12H2,1H3. The average molecular weight is 285 g/mol. The van der Waals surface area contributed by atoms with Gasteiger partial charge in [0.25, 0.3) is 0 Å². The van der Waals surface area contributed by atoms with Crippen LogP contribution in [0.25, 0.3) is 0 Å². The predicted molar refractivity (Wildman–Crippen MR) is 79.7 cm³/mol. The van der Waals surface area contributed by atoms with Gasteiger partial charge in [-0.3, -0.25) is 4.90 Å². The SMILES string of the molecule is CCOCC(O)CN1CCCCC1C1CCCCC1O. The van der Waals surface area contributed by atoms with Crippen LogP contribution < -0.4 is 0 Å². The summed E-state index contributed by atoms with van der Waals surface area (Å²) in [6, 6.07) is 0.454. The molecule has 4 heteroatoms. The first-order chi connectivity index (χ1) is 9.72. The molecule has 1 saturated heterocycles. The summed E-state index contributed by atoms with van der Waals surface area (Å²) in [6.45, 7) is 4.77. The molecule has 1 saturated carbocycles. The number of hydrogen-bond donors (Lipinski definition) is 2. The molecular weight excluding hydrogens is 254 g/mol. The molecule has 1 aliphatic carbocycles. The third kappa shape index (κ3) is 4.42. The third-order valence-corrected chi connectivity index (χ3v) is 4.90. The highest BCUT2D eigenvalue weighted by Gasteiger charge is 2.35. The van der Waals surface area contributed by atoms with E-state index in [4.69, 9.17) is 4.74 Å². The first-order valence-corrected chi connectivity index (χ1v) is 8.40. The molecule has 2 N–H and O–H groups in total. The van der Waals surface area contributed by atoms with Crippen LogP contribution in [-0.4, -0.2) is 59.7 Å². The Morgan fingerprint density at radius 3 is 2.65 bits per heavy atom. The summed E-state index contributed by atoms with van der Waals surface area (Å²) in [6.07, 6.45) is 7.59. The van der Waals surface area contributed by atoms with Crippen molar-refractivity contribution in [1.29, 1.82) is 0 Å². The Morgan fingerprint density at radius 2 is 1.90 bits per heavy atom. The van der Waals surface area contributed by atoms with Crippen LogP contribution in [0.4, 0.5) is 0 Å². The summed E-state index contributed by atoms with van der Waals surface area (Å²) in [7, 11) is 0. The van der Waals surface area contributed by atoms with Crippen molar-refractivity contribution in [1.82, 2.24) is 4.90 Å². The Morgan fingerprint density at radius 1 is 1.15 bits per heavy atom. The molecule has 0 radical (unpaired) electrons. The van der Waals surface area contributed by atoms with Crippen molar-refractivity contribution in [2.75, 3.05) is 26.3 Å². The molecule has 4 nitrogen and oxygen atoms in total. The van der Waals surface area contributed by atoms with Crippen LogP contribution in [0.1, 0.15) is 51.9 Å². The molecule has 4 unspecified atom stereocenters. The molecule has 0 bridgehead atoms. The lowest BCUT2D eigenvalue weighted by molar-refractivity contribution is -0.0353. The summed E-state index contributed by atoms with van der Waals surface area (Å²) in [5.41, 5.74) is 0.